The van der Waals surface area contributed by atoms with Gasteiger partial charge in [-0.15, -0.1) is 0 Å². The van der Waals surface area contributed by atoms with Crippen LogP contribution in [0.25, 0.3) is 10.9 Å². The number of rotatable bonds is 11. The molecule has 1 aromatic heterocycles. The lowest BCUT2D eigenvalue weighted by Crippen LogP contribution is -2.55. The Hall–Kier alpha value is -2.56. The zero-order chi connectivity index (χ0) is 21.4. The van der Waals surface area contributed by atoms with Crippen LogP contribution in [0.4, 0.5) is 0 Å². The molecule has 7 N–H and O–H groups in total. The first-order valence-electron chi connectivity index (χ1n) is 9.11. The third kappa shape index (κ3) is 6.21. The predicted octanol–water partition coefficient (Wildman–Crippen LogP) is -0.163. The first-order chi connectivity index (χ1) is 13.9. The van der Waals surface area contributed by atoms with E-state index >= 15 is 0 Å². The summed E-state index contributed by atoms with van der Waals surface area (Å²) in [6.45, 7) is -0.746. The summed E-state index contributed by atoms with van der Waals surface area (Å²) in [6, 6.07) is 4.39. The third-order valence-electron chi connectivity index (χ3n) is 4.49. The second-order valence-electron chi connectivity index (χ2n) is 6.59. The van der Waals surface area contributed by atoms with Crippen LogP contribution in [-0.2, 0) is 20.8 Å². The number of amides is 2. The zero-order valence-corrected chi connectivity index (χ0v) is 16.9. The number of H-pyrrole nitrogens is 1. The van der Waals surface area contributed by atoms with E-state index in [-0.39, 0.29) is 6.42 Å². The fraction of sp³-hybridized carbons (Fsp3) is 0.421. The number of carboxylic acids is 1. The van der Waals surface area contributed by atoms with Crippen LogP contribution < -0.4 is 16.4 Å². The van der Waals surface area contributed by atoms with Gasteiger partial charge >= 0.3 is 5.97 Å². The van der Waals surface area contributed by atoms with Gasteiger partial charge in [0.05, 0.1) is 12.6 Å². The van der Waals surface area contributed by atoms with E-state index in [9.17, 15) is 14.4 Å². The van der Waals surface area contributed by atoms with Crippen LogP contribution in [0, 0.1) is 0 Å². The lowest BCUT2D eigenvalue weighted by molar-refractivity contribution is -0.143. The second kappa shape index (κ2) is 10.8. The number of hydrogen-bond acceptors (Lipinski definition) is 6. The summed E-state index contributed by atoms with van der Waals surface area (Å²) in [6.07, 6.45) is 4.24. The number of aromatic nitrogens is 1. The molecule has 0 aliphatic heterocycles. The van der Waals surface area contributed by atoms with Crippen molar-refractivity contribution < 1.29 is 24.6 Å². The van der Waals surface area contributed by atoms with Gasteiger partial charge in [0.1, 0.15) is 12.1 Å². The van der Waals surface area contributed by atoms with Gasteiger partial charge < -0.3 is 31.6 Å². The quantitative estimate of drug-likeness (QED) is 0.294. The Morgan fingerprint density at radius 1 is 1.17 bits per heavy atom. The molecule has 1 aromatic carbocycles. The molecular weight excluding hydrogens is 396 g/mol. The van der Waals surface area contributed by atoms with Crippen molar-refractivity contribution in [3.63, 3.8) is 0 Å². The van der Waals surface area contributed by atoms with Crippen LogP contribution in [-0.4, -0.2) is 69.7 Å². The number of carbonyl (C=O) groups is 3. The SMILES string of the molecule is CSCC[C@H](NC(=O)[C@@H](N)Cc1c[nH]c2ccccc12)C(=O)N[C@@H](CO)C(=O)O. The van der Waals surface area contributed by atoms with Crippen molar-refractivity contribution >= 4 is 40.4 Å². The van der Waals surface area contributed by atoms with E-state index in [1.54, 1.807) is 6.20 Å². The van der Waals surface area contributed by atoms with E-state index in [2.05, 4.69) is 15.6 Å². The standard InChI is InChI=1S/C19H26N4O5S/c1-29-7-6-15(18(26)23-16(10-24)19(27)28)22-17(25)13(20)8-11-9-21-14-5-3-2-4-12(11)14/h2-5,9,13,15-16,21,24H,6-8,10,20H2,1H3,(H,22,25)(H,23,26)(H,27,28)/t13-,15-,16-/m0/s1. The van der Waals surface area contributed by atoms with Crippen LogP contribution in [0.5, 0.6) is 0 Å². The molecule has 9 nitrogen and oxygen atoms in total. The number of aliphatic carboxylic acids is 1. The lowest BCUT2D eigenvalue weighted by atomic mass is 10.0. The van der Waals surface area contributed by atoms with Crippen LogP contribution >= 0.6 is 11.8 Å². The van der Waals surface area contributed by atoms with Gasteiger partial charge in [0.15, 0.2) is 0 Å². The Morgan fingerprint density at radius 2 is 1.86 bits per heavy atom. The summed E-state index contributed by atoms with van der Waals surface area (Å²) in [4.78, 5) is 39.1. The number of carbonyl (C=O) groups excluding carboxylic acids is 2. The number of para-hydroxylation sites is 1. The third-order valence-corrected chi connectivity index (χ3v) is 5.14. The van der Waals surface area contributed by atoms with E-state index in [0.29, 0.717) is 12.2 Å². The van der Waals surface area contributed by atoms with Crippen molar-refractivity contribution in [1.29, 1.82) is 0 Å². The van der Waals surface area contributed by atoms with E-state index in [0.717, 1.165) is 16.5 Å². The number of carboxylic acid groups (broad SMARTS) is 1. The molecule has 0 bridgehead atoms. The minimum Gasteiger partial charge on any atom is -0.480 e. The molecule has 3 atom stereocenters. The Bertz CT molecular complexity index is 856. The lowest BCUT2D eigenvalue weighted by Gasteiger charge is -2.22. The normalized spacial score (nSPS) is 14.2. The minimum absolute atomic E-state index is 0.279. The summed E-state index contributed by atoms with van der Waals surface area (Å²) < 4.78 is 0. The van der Waals surface area contributed by atoms with Crippen LogP contribution in [0.15, 0.2) is 30.5 Å². The summed E-state index contributed by atoms with van der Waals surface area (Å²) in [5.74, 6) is -1.96. The maximum absolute atomic E-state index is 12.6. The maximum atomic E-state index is 12.6. The number of aromatic amines is 1. The highest BCUT2D eigenvalue weighted by atomic mass is 32.2. The number of benzene rings is 1. The maximum Gasteiger partial charge on any atom is 0.328 e. The molecule has 29 heavy (non-hydrogen) atoms. The number of thioether (sulfide) groups is 1. The molecular formula is C19H26N4O5S. The second-order valence-corrected chi connectivity index (χ2v) is 7.58. The molecule has 2 amide bonds. The molecule has 0 fully saturated rings. The number of nitrogens with two attached hydrogens (primary N) is 1. The highest BCUT2D eigenvalue weighted by molar-refractivity contribution is 7.98. The van der Waals surface area contributed by atoms with Crippen molar-refractivity contribution in [1.82, 2.24) is 15.6 Å². The molecule has 0 spiro atoms. The van der Waals surface area contributed by atoms with E-state index in [1.165, 1.54) is 11.8 Å². The van der Waals surface area contributed by atoms with Crippen molar-refractivity contribution in [3.8, 4) is 0 Å². The van der Waals surface area contributed by atoms with Gasteiger partial charge in [-0.05, 0) is 36.5 Å². The molecule has 0 saturated heterocycles. The predicted molar refractivity (Wildman–Crippen MR) is 112 cm³/mol. The first kappa shape index (κ1) is 22.7. The highest BCUT2D eigenvalue weighted by Crippen LogP contribution is 2.18. The molecule has 2 rings (SSSR count). The average molecular weight is 423 g/mol. The van der Waals surface area contributed by atoms with Gasteiger partial charge in [-0.2, -0.15) is 11.8 Å². The van der Waals surface area contributed by atoms with Crippen molar-refractivity contribution in [3.05, 3.63) is 36.0 Å². The highest BCUT2D eigenvalue weighted by Gasteiger charge is 2.27. The molecule has 1 heterocycles. The Balaban J connectivity index is 2.03. The topological polar surface area (TPSA) is 158 Å². The van der Waals surface area contributed by atoms with Crippen molar-refractivity contribution in [2.45, 2.75) is 31.0 Å². The summed E-state index contributed by atoms with van der Waals surface area (Å²) >= 11 is 1.49. The van der Waals surface area contributed by atoms with E-state index < -0.39 is 42.5 Å². The molecule has 0 unspecified atom stereocenters. The Labute approximate surface area is 172 Å². The average Bonchev–Trinajstić information content (AvgIpc) is 3.11. The molecule has 0 aliphatic rings. The molecule has 2 aromatic rings. The Kier molecular flexibility index (Phi) is 8.50. The fourth-order valence-electron chi connectivity index (χ4n) is 2.87. The van der Waals surface area contributed by atoms with Crippen molar-refractivity contribution in [2.75, 3.05) is 18.6 Å². The first-order valence-corrected chi connectivity index (χ1v) is 10.5. The Morgan fingerprint density at radius 3 is 2.52 bits per heavy atom. The van der Waals surface area contributed by atoms with E-state index in [4.69, 9.17) is 15.9 Å². The van der Waals surface area contributed by atoms with Gasteiger partial charge in [-0.1, -0.05) is 18.2 Å². The largest absolute Gasteiger partial charge is 0.480 e. The number of fused-ring (bicyclic) bond motifs is 1. The van der Waals surface area contributed by atoms with Gasteiger partial charge in [0.2, 0.25) is 11.8 Å². The summed E-state index contributed by atoms with van der Waals surface area (Å²) in [5.41, 5.74) is 7.88. The molecule has 0 aliphatic carbocycles. The minimum atomic E-state index is -1.43. The number of hydrogen-bond donors (Lipinski definition) is 6. The van der Waals surface area contributed by atoms with Gasteiger partial charge in [0.25, 0.3) is 0 Å². The van der Waals surface area contributed by atoms with Crippen LogP contribution in [0.1, 0.15) is 12.0 Å². The van der Waals surface area contributed by atoms with Crippen LogP contribution in [0.3, 0.4) is 0 Å². The van der Waals surface area contributed by atoms with Gasteiger partial charge in [-0.3, -0.25) is 9.59 Å². The molecule has 0 saturated carbocycles. The number of nitrogens with one attached hydrogen (secondary N) is 3. The smallest absolute Gasteiger partial charge is 0.328 e. The number of aliphatic hydroxyl groups excluding tert-OH is 1. The molecule has 0 radical (unpaired) electrons. The summed E-state index contributed by atoms with van der Waals surface area (Å²) in [5, 5.41) is 23.9. The molecule has 10 heteroatoms. The number of aliphatic hydroxyl groups is 1. The van der Waals surface area contributed by atoms with Gasteiger partial charge in [0, 0.05) is 17.1 Å². The van der Waals surface area contributed by atoms with Crippen molar-refractivity contribution in [2.24, 2.45) is 5.73 Å². The molecule has 158 valence electrons. The van der Waals surface area contributed by atoms with E-state index in [1.807, 2.05) is 30.5 Å². The fourth-order valence-corrected chi connectivity index (χ4v) is 3.34. The zero-order valence-electron chi connectivity index (χ0n) is 16.1. The summed E-state index contributed by atoms with van der Waals surface area (Å²) in [7, 11) is 0. The monoisotopic (exact) mass is 422 g/mol. The van der Waals surface area contributed by atoms with Gasteiger partial charge in [-0.25, -0.2) is 4.79 Å². The van der Waals surface area contributed by atoms with Crippen LogP contribution in [0.2, 0.25) is 0 Å².